The number of hydrogen-bond acceptors (Lipinski definition) is 4. The standard InChI is InChI=1S/C21H19FN2O3S/c1-14-2-4-16(5-3-14)13-19(25)23-10-11-24-20(26)18(28-21(24)27)12-15-6-8-17(22)9-7-15/h2-9,12H,10-11,13H2,1H3,(H,23,25). The van der Waals surface area contributed by atoms with Crippen molar-refractivity contribution in [3.8, 4) is 0 Å². The van der Waals surface area contributed by atoms with E-state index in [1.165, 1.54) is 24.3 Å². The smallest absolute Gasteiger partial charge is 0.293 e. The molecule has 0 spiro atoms. The lowest BCUT2D eigenvalue weighted by Crippen LogP contribution is -2.37. The Kier molecular flexibility index (Phi) is 6.26. The Bertz CT molecular complexity index is 924. The molecule has 0 aliphatic carbocycles. The van der Waals surface area contributed by atoms with Crippen molar-refractivity contribution in [3.05, 3.63) is 75.9 Å². The number of thioether (sulfide) groups is 1. The van der Waals surface area contributed by atoms with Gasteiger partial charge in [-0.05, 0) is 48.0 Å². The van der Waals surface area contributed by atoms with Crippen molar-refractivity contribution in [3.63, 3.8) is 0 Å². The number of amides is 3. The predicted octanol–water partition coefficient (Wildman–Crippen LogP) is 3.53. The van der Waals surface area contributed by atoms with Crippen molar-refractivity contribution in [2.24, 2.45) is 0 Å². The first-order chi connectivity index (χ1) is 13.4. The highest BCUT2D eigenvalue weighted by Crippen LogP contribution is 2.31. The fraction of sp³-hybridized carbons (Fsp3) is 0.190. The molecule has 1 aliphatic rings. The zero-order chi connectivity index (χ0) is 20.1. The van der Waals surface area contributed by atoms with Gasteiger partial charge in [-0.25, -0.2) is 4.39 Å². The molecule has 1 N–H and O–H groups in total. The Morgan fingerprint density at radius 1 is 1.11 bits per heavy atom. The minimum Gasteiger partial charge on any atom is -0.354 e. The van der Waals surface area contributed by atoms with Crippen molar-refractivity contribution in [2.45, 2.75) is 13.3 Å². The molecule has 28 heavy (non-hydrogen) atoms. The Balaban J connectivity index is 1.52. The summed E-state index contributed by atoms with van der Waals surface area (Å²) in [5.41, 5.74) is 2.66. The third-order valence-electron chi connectivity index (χ3n) is 4.18. The molecule has 0 atom stereocenters. The molecular weight excluding hydrogens is 379 g/mol. The van der Waals surface area contributed by atoms with Gasteiger partial charge in [-0.1, -0.05) is 42.0 Å². The van der Waals surface area contributed by atoms with E-state index in [1.807, 2.05) is 31.2 Å². The Labute approximate surface area is 166 Å². The number of benzene rings is 2. The molecule has 2 aromatic carbocycles. The number of rotatable bonds is 6. The van der Waals surface area contributed by atoms with E-state index < -0.39 is 5.91 Å². The van der Waals surface area contributed by atoms with Crippen LogP contribution in [0.2, 0.25) is 0 Å². The van der Waals surface area contributed by atoms with Crippen LogP contribution in [0.4, 0.5) is 9.18 Å². The van der Waals surface area contributed by atoms with Crippen molar-refractivity contribution in [1.29, 1.82) is 0 Å². The number of hydrogen-bond donors (Lipinski definition) is 1. The third-order valence-corrected chi connectivity index (χ3v) is 5.09. The number of halogens is 1. The fourth-order valence-electron chi connectivity index (χ4n) is 2.66. The Hall–Kier alpha value is -2.93. The molecule has 0 bridgehead atoms. The monoisotopic (exact) mass is 398 g/mol. The van der Waals surface area contributed by atoms with Gasteiger partial charge in [0.15, 0.2) is 0 Å². The summed E-state index contributed by atoms with van der Waals surface area (Å²) in [6.45, 7) is 2.27. The average Bonchev–Trinajstić information content (AvgIpc) is 2.93. The topological polar surface area (TPSA) is 66.5 Å². The van der Waals surface area contributed by atoms with Crippen LogP contribution in [0.25, 0.3) is 6.08 Å². The van der Waals surface area contributed by atoms with Crippen LogP contribution in [-0.2, 0) is 16.0 Å². The van der Waals surface area contributed by atoms with Crippen LogP contribution in [0.5, 0.6) is 0 Å². The van der Waals surface area contributed by atoms with Crippen molar-refractivity contribution < 1.29 is 18.8 Å². The molecular formula is C21H19FN2O3S. The van der Waals surface area contributed by atoms with E-state index in [4.69, 9.17) is 0 Å². The lowest BCUT2D eigenvalue weighted by atomic mass is 10.1. The lowest BCUT2D eigenvalue weighted by molar-refractivity contribution is -0.124. The average molecular weight is 398 g/mol. The van der Waals surface area contributed by atoms with Gasteiger partial charge in [-0.3, -0.25) is 19.3 Å². The van der Waals surface area contributed by atoms with E-state index in [0.29, 0.717) is 5.56 Å². The van der Waals surface area contributed by atoms with E-state index in [0.717, 1.165) is 27.8 Å². The van der Waals surface area contributed by atoms with Crippen LogP contribution < -0.4 is 5.32 Å². The van der Waals surface area contributed by atoms with Gasteiger partial charge >= 0.3 is 0 Å². The summed E-state index contributed by atoms with van der Waals surface area (Å²) in [5.74, 6) is -0.948. The molecule has 0 radical (unpaired) electrons. The van der Waals surface area contributed by atoms with E-state index in [2.05, 4.69) is 5.32 Å². The summed E-state index contributed by atoms with van der Waals surface area (Å²) in [6, 6.07) is 13.3. The Morgan fingerprint density at radius 2 is 1.79 bits per heavy atom. The number of aryl methyl sites for hydroxylation is 1. The van der Waals surface area contributed by atoms with Crippen molar-refractivity contribution in [1.82, 2.24) is 10.2 Å². The van der Waals surface area contributed by atoms with Crippen LogP contribution in [0.1, 0.15) is 16.7 Å². The summed E-state index contributed by atoms with van der Waals surface area (Å²) >= 11 is 0.836. The van der Waals surface area contributed by atoms with Gasteiger partial charge in [0.2, 0.25) is 5.91 Å². The zero-order valence-electron chi connectivity index (χ0n) is 15.3. The van der Waals surface area contributed by atoms with Crippen LogP contribution in [0.15, 0.2) is 53.4 Å². The first-order valence-electron chi connectivity index (χ1n) is 8.75. The summed E-state index contributed by atoms with van der Waals surface area (Å²) in [5, 5.41) is 2.35. The van der Waals surface area contributed by atoms with Gasteiger partial charge in [-0.2, -0.15) is 0 Å². The zero-order valence-corrected chi connectivity index (χ0v) is 16.1. The molecule has 2 aromatic rings. The quantitative estimate of drug-likeness (QED) is 0.756. The SMILES string of the molecule is Cc1ccc(CC(=O)NCCN2C(=O)SC(=Cc3ccc(F)cc3)C2=O)cc1. The fourth-order valence-corrected chi connectivity index (χ4v) is 3.53. The van der Waals surface area contributed by atoms with Crippen LogP contribution in [0.3, 0.4) is 0 Å². The minimum atomic E-state index is -0.410. The summed E-state index contributed by atoms with van der Waals surface area (Å²) < 4.78 is 13.0. The maximum absolute atomic E-state index is 13.0. The van der Waals surface area contributed by atoms with Gasteiger partial charge in [0.05, 0.1) is 11.3 Å². The first-order valence-corrected chi connectivity index (χ1v) is 9.57. The summed E-state index contributed by atoms with van der Waals surface area (Å²) in [6.07, 6.45) is 1.80. The van der Waals surface area contributed by atoms with Gasteiger partial charge in [0.1, 0.15) is 5.82 Å². The molecule has 3 rings (SSSR count). The maximum atomic E-state index is 13.0. The molecule has 0 unspecified atom stereocenters. The van der Waals surface area contributed by atoms with Gasteiger partial charge in [0, 0.05) is 13.1 Å². The lowest BCUT2D eigenvalue weighted by Gasteiger charge is -2.13. The number of carbonyl (C=O) groups is 3. The van der Waals surface area contributed by atoms with Crippen molar-refractivity contribution >= 4 is 34.9 Å². The second-order valence-corrected chi connectivity index (χ2v) is 7.39. The van der Waals surface area contributed by atoms with Crippen LogP contribution in [-0.4, -0.2) is 35.0 Å². The molecule has 1 aliphatic heterocycles. The van der Waals surface area contributed by atoms with Gasteiger partial charge < -0.3 is 5.32 Å². The number of nitrogens with zero attached hydrogens (tertiary/aromatic N) is 1. The predicted molar refractivity (Wildman–Crippen MR) is 107 cm³/mol. The normalized spacial score (nSPS) is 15.4. The van der Waals surface area contributed by atoms with Gasteiger partial charge in [0.25, 0.3) is 11.1 Å². The molecule has 7 heteroatoms. The van der Waals surface area contributed by atoms with E-state index in [9.17, 15) is 18.8 Å². The molecule has 1 heterocycles. The largest absolute Gasteiger partial charge is 0.354 e. The van der Waals surface area contributed by atoms with E-state index >= 15 is 0 Å². The van der Waals surface area contributed by atoms with E-state index in [1.54, 1.807) is 6.08 Å². The minimum absolute atomic E-state index is 0.102. The molecule has 0 aromatic heterocycles. The maximum Gasteiger partial charge on any atom is 0.293 e. The number of imide groups is 1. The number of nitrogens with one attached hydrogen (secondary N) is 1. The highest BCUT2D eigenvalue weighted by atomic mass is 32.2. The molecule has 3 amide bonds. The van der Waals surface area contributed by atoms with Crippen molar-refractivity contribution in [2.75, 3.05) is 13.1 Å². The summed E-state index contributed by atoms with van der Waals surface area (Å²) in [7, 11) is 0. The van der Waals surface area contributed by atoms with Crippen LogP contribution >= 0.6 is 11.8 Å². The summed E-state index contributed by atoms with van der Waals surface area (Å²) in [4.78, 5) is 37.9. The molecule has 144 valence electrons. The second-order valence-electron chi connectivity index (χ2n) is 6.40. The Morgan fingerprint density at radius 3 is 2.46 bits per heavy atom. The highest BCUT2D eigenvalue weighted by Gasteiger charge is 2.34. The molecule has 0 saturated carbocycles. The van der Waals surface area contributed by atoms with Gasteiger partial charge in [-0.15, -0.1) is 0 Å². The molecule has 1 fully saturated rings. The third kappa shape index (κ3) is 5.07. The molecule has 5 nitrogen and oxygen atoms in total. The number of carbonyl (C=O) groups excluding carboxylic acids is 3. The highest BCUT2D eigenvalue weighted by molar-refractivity contribution is 8.18. The first kappa shape index (κ1) is 19.8. The van der Waals surface area contributed by atoms with E-state index in [-0.39, 0.29) is 41.4 Å². The molecule has 1 saturated heterocycles. The van der Waals surface area contributed by atoms with Crippen LogP contribution in [0, 0.1) is 12.7 Å². The second kappa shape index (κ2) is 8.84.